The van der Waals surface area contributed by atoms with Gasteiger partial charge in [-0.05, 0) is 43.7 Å². The monoisotopic (exact) mass is 396 g/mol. The van der Waals surface area contributed by atoms with E-state index < -0.39 is 0 Å². The van der Waals surface area contributed by atoms with Gasteiger partial charge in [-0.25, -0.2) is 4.98 Å². The molecule has 0 spiro atoms. The summed E-state index contributed by atoms with van der Waals surface area (Å²) in [7, 11) is 0. The molecule has 1 saturated carbocycles. The lowest BCUT2D eigenvalue weighted by Gasteiger charge is -2.37. The molecule has 1 aromatic heterocycles. The fourth-order valence-electron chi connectivity index (χ4n) is 5.13. The molecule has 156 valence electrons. The standard InChI is InChI=1S/C23H32N4O2/c24-9-5-20(28)17-19-3-1-18(2-4-19)7-11-26-12-14-27(15-13-26)23-21-8-16-29-22(21)6-10-25-23/h6,10,18-19H,1-5,7-8,11-17H2. The Morgan fingerprint density at radius 3 is 2.69 bits per heavy atom. The molecule has 2 fully saturated rings. The van der Waals surface area contributed by atoms with Gasteiger partial charge in [0.2, 0.25) is 0 Å². The summed E-state index contributed by atoms with van der Waals surface area (Å²) in [5.74, 6) is 3.58. The molecule has 0 N–H and O–H groups in total. The van der Waals surface area contributed by atoms with Gasteiger partial charge in [-0.2, -0.15) is 5.26 Å². The van der Waals surface area contributed by atoms with Crippen LogP contribution in [-0.2, 0) is 11.2 Å². The second-order valence-corrected chi connectivity index (χ2v) is 8.79. The second-order valence-electron chi connectivity index (χ2n) is 8.79. The first-order chi connectivity index (χ1) is 14.2. The zero-order valence-corrected chi connectivity index (χ0v) is 17.3. The van der Waals surface area contributed by atoms with Gasteiger partial charge >= 0.3 is 0 Å². The second kappa shape index (κ2) is 9.58. The number of ether oxygens (including phenoxy) is 1. The van der Waals surface area contributed by atoms with E-state index in [0.717, 1.165) is 69.5 Å². The molecule has 1 aliphatic carbocycles. The van der Waals surface area contributed by atoms with Crippen molar-refractivity contribution in [3.8, 4) is 11.8 Å². The van der Waals surface area contributed by atoms with Crippen molar-refractivity contribution >= 4 is 11.6 Å². The summed E-state index contributed by atoms with van der Waals surface area (Å²) >= 11 is 0. The van der Waals surface area contributed by atoms with Crippen molar-refractivity contribution in [2.24, 2.45) is 11.8 Å². The molecule has 6 heteroatoms. The first-order valence-corrected chi connectivity index (χ1v) is 11.2. The molecule has 1 aromatic rings. The van der Waals surface area contributed by atoms with Gasteiger partial charge in [0, 0.05) is 50.8 Å². The molecule has 0 unspecified atom stereocenters. The lowest BCUT2D eigenvalue weighted by Crippen LogP contribution is -2.47. The van der Waals surface area contributed by atoms with Crippen LogP contribution in [0.4, 0.5) is 5.82 Å². The van der Waals surface area contributed by atoms with Gasteiger partial charge in [0.25, 0.3) is 0 Å². The number of anilines is 1. The zero-order chi connectivity index (χ0) is 20.1. The first kappa shape index (κ1) is 20.2. The molecule has 3 heterocycles. The summed E-state index contributed by atoms with van der Waals surface area (Å²) in [6.45, 7) is 6.24. The molecule has 0 atom stereocenters. The number of carbonyl (C=O) groups excluding carboxylic acids is 1. The average molecular weight is 397 g/mol. The number of aromatic nitrogens is 1. The van der Waals surface area contributed by atoms with E-state index >= 15 is 0 Å². The molecule has 4 rings (SSSR count). The molecule has 6 nitrogen and oxygen atoms in total. The maximum atomic E-state index is 11.7. The highest BCUT2D eigenvalue weighted by Gasteiger charge is 2.26. The van der Waals surface area contributed by atoms with Crippen molar-refractivity contribution in [1.29, 1.82) is 5.26 Å². The van der Waals surface area contributed by atoms with Crippen molar-refractivity contribution in [3.63, 3.8) is 0 Å². The molecule has 0 aromatic carbocycles. The molecule has 3 aliphatic rings. The molecule has 0 amide bonds. The van der Waals surface area contributed by atoms with E-state index in [1.165, 1.54) is 31.4 Å². The lowest BCUT2D eigenvalue weighted by molar-refractivity contribution is -0.119. The summed E-state index contributed by atoms with van der Waals surface area (Å²) in [4.78, 5) is 21.3. The number of piperazine rings is 1. The van der Waals surface area contributed by atoms with Crippen LogP contribution in [0, 0.1) is 23.2 Å². The number of carbonyl (C=O) groups is 1. The Morgan fingerprint density at radius 1 is 1.17 bits per heavy atom. The van der Waals surface area contributed by atoms with Crippen LogP contribution in [0.3, 0.4) is 0 Å². The van der Waals surface area contributed by atoms with Gasteiger partial charge < -0.3 is 9.64 Å². The summed E-state index contributed by atoms with van der Waals surface area (Å²) in [5.41, 5.74) is 1.28. The van der Waals surface area contributed by atoms with E-state index in [4.69, 9.17) is 10.00 Å². The smallest absolute Gasteiger partial charge is 0.147 e. The first-order valence-electron chi connectivity index (χ1n) is 11.2. The Hall–Kier alpha value is -2.13. The summed E-state index contributed by atoms with van der Waals surface area (Å²) < 4.78 is 5.69. The number of ketones is 1. The van der Waals surface area contributed by atoms with Crippen LogP contribution in [-0.4, -0.2) is 55.0 Å². The third kappa shape index (κ3) is 5.08. The van der Waals surface area contributed by atoms with E-state index in [1.807, 2.05) is 18.3 Å². The largest absolute Gasteiger partial charge is 0.493 e. The van der Waals surface area contributed by atoms with E-state index in [-0.39, 0.29) is 12.2 Å². The minimum absolute atomic E-state index is 0.0836. The van der Waals surface area contributed by atoms with Crippen LogP contribution in [0.5, 0.6) is 5.75 Å². The summed E-state index contributed by atoms with van der Waals surface area (Å²) in [6.07, 6.45) is 9.61. The van der Waals surface area contributed by atoms with Gasteiger partial charge in [-0.3, -0.25) is 9.69 Å². The van der Waals surface area contributed by atoms with Crippen molar-refractivity contribution in [2.75, 3.05) is 44.2 Å². The predicted molar refractivity (Wildman–Crippen MR) is 112 cm³/mol. The number of nitriles is 1. The Morgan fingerprint density at radius 2 is 1.93 bits per heavy atom. The fraction of sp³-hybridized carbons (Fsp3) is 0.696. The van der Waals surface area contributed by atoms with Gasteiger partial charge in [0.1, 0.15) is 17.4 Å². The Bertz CT molecular complexity index is 744. The molecule has 29 heavy (non-hydrogen) atoms. The Balaban J connectivity index is 1.17. The molecular formula is C23H32N4O2. The van der Waals surface area contributed by atoms with Crippen LogP contribution in [0.25, 0.3) is 0 Å². The van der Waals surface area contributed by atoms with Crippen LogP contribution in [0.1, 0.15) is 50.5 Å². The highest BCUT2D eigenvalue weighted by atomic mass is 16.5. The normalized spacial score (nSPS) is 24.6. The Labute approximate surface area is 173 Å². The van der Waals surface area contributed by atoms with Crippen molar-refractivity contribution < 1.29 is 9.53 Å². The minimum Gasteiger partial charge on any atom is -0.493 e. The molecule has 2 aliphatic heterocycles. The molecular weight excluding hydrogens is 364 g/mol. The van der Waals surface area contributed by atoms with Gasteiger partial charge in [-0.15, -0.1) is 0 Å². The minimum atomic E-state index is 0.0836. The quantitative estimate of drug-likeness (QED) is 0.705. The van der Waals surface area contributed by atoms with Crippen molar-refractivity contribution in [1.82, 2.24) is 9.88 Å². The number of rotatable bonds is 7. The summed E-state index contributed by atoms with van der Waals surface area (Å²) in [5, 5.41) is 8.64. The van der Waals surface area contributed by atoms with Crippen molar-refractivity contribution in [2.45, 2.75) is 51.4 Å². The van der Waals surface area contributed by atoms with Crippen LogP contribution < -0.4 is 9.64 Å². The van der Waals surface area contributed by atoms with E-state index in [1.54, 1.807) is 0 Å². The van der Waals surface area contributed by atoms with Crippen molar-refractivity contribution in [3.05, 3.63) is 17.8 Å². The highest BCUT2D eigenvalue weighted by Crippen LogP contribution is 2.34. The molecule has 1 saturated heterocycles. The topological polar surface area (TPSA) is 69.5 Å². The SMILES string of the molecule is N#CCC(=O)CC1CCC(CCN2CCN(c3nccc4c3CCO4)CC2)CC1. The van der Waals surface area contributed by atoms with Gasteiger partial charge in [0.15, 0.2) is 0 Å². The van der Waals surface area contributed by atoms with Crippen LogP contribution >= 0.6 is 0 Å². The number of hydrogen-bond acceptors (Lipinski definition) is 6. The summed E-state index contributed by atoms with van der Waals surface area (Å²) in [6, 6.07) is 3.96. The highest BCUT2D eigenvalue weighted by molar-refractivity contribution is 5.80. The number of fused-ring (bicyclic) bond motifs is 1. The maximum Gasteiger partial charge on any atom is 0.147 e. The fourth-order valence-corrected chi connectivity index (χ4v) is 5.13. The van der Waals surface area contributed by atoms with Gasteiger partial charge in [0.05, 0.1) is 19.1 Å². The molecule has 0 bridgehead atoms. The van der Waals surface area contributed by atoms with E-state index in [2.05, 4.69) is 14.8 Å². The van der Waals surface area contributed by atoms with E-state index in [9.17, 15) is 4.79 Å². The third-order valence-electron chi connectivity index (χ3n) is 6.88. The Kier molecular flexibility index (Phi) is 6.66. The van der Waals surface area contributed by atoms with Crippen LogP contribution in [0.2, 0.25) is 0 Å². The third-order valence-corrected chi connectivity index (χ3v) is 6.88. The number of pyridine rings is 1. The number of Topliss-reactive ketones (excluding diaryl/α,β-unsaturated/α-hetero) is 1. The van der Waals surface area contributed by atoms with Gasteiger partial charge in [-0.1, -0.05) is 12.8 Å². The number of hydrogen-bond donors (Lipinski definition) is 0. The average Bonchev–Trinajstić information content (AvgIpc) is 3.23. The molecule has 0 radical (unpaired) electrons. The lowest BCUT2D eigenvalue weighted by atomic mass is 9.78. The maximum absolute atomic E-state index is 11.7. The van der Waals surface area contributed by atoms with Crippen LogP contribution in [0.15, 0.2) is 12.3 Å². The zero-order valence-electron chi connectivity index (χ0n) is 17.3. The predicted octanol–water partition coefficient (Wildman–Crippen LogP) is 3.21. The number of nitrogens with zero attached hydrogens (tertiary/aromatic N) is 4. The van der Waals surface area contributed by atoms with E-state index in [0.29, 0.717) is 12.3 Å².